The molecule has 5 nitrogen and oxygen atoms in total. The molecule has 2 rings (SSSR count). The predicted octanol–water partition coefficient (Wildman–Crippen LogP) is 1.67. The first-order valence-electron chi connectivity index (χ1n) is 6.95. The van der Waals surface area contributed by atoms with Crippen LogP contribution in [0.4, 0.5) is 0 Å². The van der Waals surface area contributed by atoms with E-state index in [1.165, 1.54) is 0 Å². The van der Waals surface area contributed by atoms with E-state index in [2.05, 4.69) is 5.16 Å². The summed E-state index contributed by atoms with van der Waals surface area (Å²) in [6.07, 6.45) is 3.08. The quantitative estimate of drug-likeness (QED) is 0.381. The summed E-state index contributed by atoms with van der Waals surface area (Å²) in [5, 5.41) is 11.9. The van der Waals surface area contributed by atoms with Gasteiger partial charge < -0.3 is 15.8 Å². The molecule has 0 bridgehead atoms. The number of piperidine rings is 1. The van der Waals surface area contributed by atoms with Crippen LogP contribution in [-0.4, -0.2) is 34.4 Å². The van der Waals surface area contributed by atoms with Crippen molar-refractivity contribution in [3.63, 3.8) is 0 Å². The van der Waals surface area contributed by atoms with Crippen LogP contribution in [0.2, 0.25) is 0 Å². The number of nitrogens with two attached hydrogens (primary N) is 1. The molecule has 0 aromatic heterocycles. The topological polar surface area (TPSA) is 78.9 Å². The largest absolute Gasteiger partial charge is 0.409 e. The second-order valence-corrected chi connectivity index (χ2v) is 5.23. The van der Waals surface area contributed by atoms with Gasteiger partial charge in [0.1, 0.15) is 0 Å². The first-order chi connectivity index (χ1) is 9.63. The van der Waals surface area contributed by atoms with Crippen LogP contribution >= 0.6 is 0 Å². The summed E-state index contributed by atoms with van der Waals surface area (Å²) in [6, 6.07) is 7.59. The average Bonchev–Trinajstić information content (AvgIpc) is 2.48. The fourth-order valence-corrected chi connectivity index (χ4v) is 2.68. The van der Waals surface area contributed by atoms with Crippen molar-refractivity contribution >= 4 is 11.7 Å². The summed E-state index contributed by atoms with van der Waals surface area (Å²) < 4.78 is 0. The van der Waals surface area contributed by atoms with Gasteiger partial charge in [0.25, 0.3) is 0 Å². The van der Waals surface area contributed by atoms with Gasteiger partial charge in [-0.25, -0.2) is 0 Å². The summed E-state index contributed by atoms with van der Waals surface area (Å²) in [7, 11) is 0. The second kappa shape index (κ2) is 6.41. The smallest absolute Gasteiger partial charge is 0.227 e. The summed E-state index contributed by atoms with van der Waals surface area (Å²) >= 11 is 0. The van der Waals surface area contributed by atoms with E-state index in [9.17, 15) is 4.79 Å². The van der Waals surface area contributed by atoms with Crippen LogP contribution in [0.1, 0.15) is 30.4 Å². The first-order valence-corrected chi connectivity index (χ1v) is 6.95. The van der Waals surface area contributed by atoms with Crippen LogP contribution in [0, 0.1) is 6.92 Å². The third-order valence-electron chi connectivity index (χ3n) is 3.88. The number of carbonyl (C=O) groups excluding carboxylic acids is 1. The van der Waals surface area contributed by atoms with Crippen molar-refractivity contribution in [1.29, 1.82) is 0 Å². The van der Waals surface area contributed by atoms with Crippen molar-refractivity contribution in [2.24, 2.45) is 10.9 Å². The van der Waals surface area contributed by atoms with Crippen molar-refractivity contribution in [3.05, 3.63) is 35.4 Å². The van der Waals surface area contributed by atoms with E-state index in [0.717, 1.165) is 30.4 Å². The van der Waals surface area contributed by atoms with Gasteiger partial charge in [0.15, 0.2) is 5.84 Å². The van der Waals surface area contributed by atoms with Gasteiger partial charge in [0, 0.05) is 6.54 Å². The van der Waals surface area contributed by atoms with E-state index in [4.69, 9.17) is 10.9 Å². The lowest BCUT2D eigenvalue weighted by atomic mass is 9.99. The van der Waals surface area contributed by atoms with E-state index in [1.54, 1.807) is 4.90 Å². The zero-order valence-corrected chi connectivity index (χ0v) is 11.7. The van der Waals surface area contributed by atoms with Crippen LogP contribution < -0.4 is 5.73 Å². The third-order valence-corrected chi connectivity index (χ3v) is 3.88. The lowest BCUT2D eigenvalue weighted by Crippen LogP contribution is -2.51. The fraction of sp³-hybridized carbons (Fsp3) is 0.467. The highest BCUT2D eigenvalue weighted by Crippen LogP contribution is 2.19. The molecule has 1 aromatic carbocycles. The molecule has 3 N–H and O–H groups in total. The number of aryl methyl sites for hydroxylation is 1. The Morgan fingerprint density at radius 2 is 2.20 bits per heavy atom. The highest BCUT2D eigenvalue weighted by Gasteiger charge is 2.29. The Kier molecular flexibility index (Phi) is 4.61. The fourth-order valence-electron chi connectivity index (χ4n) is 2.68. The second-order valence-electron chi connectivity index (χ2n) is 5.23. The molecule has 0 radical (unpaired) electrons. The normalized spacial score (nSPS) is 19.9. The monoisotopic (exact) mass is 275 g/mol. The number of nitrogens with zero attached hydrogens (tertiary/aromatic N) is 2. The van der Waals surface area contributed by atoms with Gasteiger partial charge in [-0.2, -0.15) is 0 Å². The molecule has 0 aliphatic carbocycles. The average molecular weight is 275 g/mol. The first kappa shape index (κ1) is 14.4. The standard InChI is InChI=1S/C15H21N3O2/c1-11-6-2-3-7-12(11)10-14(19)18-9-5-4-8-13(18)15(16)17-20/h2-3,6-7,13,20H,4-5,8-10H2,1H3,(H2,16,17). The number of amides is 1. The van der Waals surface area contributed by atoms with Gasteiger partial charge in [-0.1, -0.05) is 29.4 Å². The van der Waals surface area contributed by atoms with E-state index in [1.807, 2.05) is 31.2 Å². The maximum absolute atomic E-state index is 12.5. The molecule has 1 fully saturated rings. The Labute approximate surface area is 119 Å². The molecule has 1 aliphatic heterocycles. The molecule has 1 amide bonds. The molecule has 0 spiro atoms. The Morgan fingerprint density at radius 3 is 2.90 bits per heavy atom. The third kappa shape index (κ3) is 3.10. The minimum absolute atomic E-state index is 0.0376. The van der Waals surface area contributed by atoms with Crippen LogP contribution in [-0.2, 0) is 11.2 Å². The number of hydrogen-bond acceptors (Lipinski definition) is 3. The number of likely N-dealkylation sites (tertiary alicyclic amines) is 1. The van der Waals surface area contributed by atoms with Crippen molar-refractivity contribution in [3.8, 4) is 0 Å². The van der Waals surface area contributed by atoms with Crippen LogP contribution in [0.3, 0.4) is 0 Å². The molecular formula is C15H21N3O2. The molecule has 5 heteroatoms. The lowest BCUT2D eigenvalue weighted by Gasteiger charge is -2.35. The van der Waals surface area contributed by atoms with E-state index in [-0.39, 0.29) is 17.8 Å². The molecule has 1 heterocycles. The number of hydrogen-bond donors (Lipinski definition) is 2. The molecule has 1 aliphatic rings. The van der Waals surface area contributed by atoms with Crippen molar-refractivity contribution in [1.82, 2.24) is 4.90 Å². The van der Waals surface area contributed by atoms with Crippen molar-refractivity contribution < 1.29 is 10.0 Å². The number of amidine groups is 1. The zero-order chi connectivity index (χ0) is 14.5. The Bertz CT molecular complexity index is 514. The van der Waals surface area contributed by atoms with Gasteiger partial charge in [-0.15, -0.1) is 0 Å². The zero-order valence-electron chi connectivity index (χ0n) is 11.7. The van der Waals surface area contributed by atoms with Gasteiger partial charge >= 0.3 is 0 Å². The number of benzene rings is 1. The number of oxime groups is 1. The molecule has 0 saturated carbocycles. The maximum atomic E-state index is 12.5. The van der Waals surface area contributed by atoms with Crippen LogP contribution in [0.15, 0.2) is 29.4 Å². The molecule has 20 heavy (non-hydrogen) atoms. The summed E-state index contributed by atoms with van der Waals surface area (Å²) in [5.41, 5.74) is 7.84. The number of carbonyl (C=O) groups is 1. The number of rotatable bonds is 3. The maximum Gasteiger partial charge on any atom is 0.227 e. The molecular weight excluding hydrogens is 254 g/mol. The summed E-state index contributed by atoms with van der Waals surface area (Å²) in [6.45, 7) is 2.67. The van der Waals surface area contributed by atoms with E-state index < -0.39 is 0 Å². The Hall–Kier alpha value is -2.04. The lowest BCUT2D eigenvalue weighted by molar-refractivity contribution is -0.132. The highest BCUT2D eigenvalue weighted by atomic mass is 16.4. The minimum Gasteiger partial charge on any atom is -0.409 e. The summed E-state index contributed by atoms with van der Waals surface area (Å²) in [4.78, 5) is 14.2. The Morgan fingerprint density at radius 1 is 1.45 bits per heavy atom. The van der Waals surface area contributed by atoms with Crippen molar-refractivity contribution in [2.75, 3.05) is 6.54 Å². The molecule has 1 unspecified atom stereocenters. The molecule has 1 aromatic rings. The van der Waals surface area contributed by atoms with Gasteiger partial charge in [0.2, 0.25) is 5.91 Å². The molecule has 108 valence electrons. The minimum atomic E-state index is -0.273. The summed E-state index contributed by atoms with van der Waals surface area (Å²) in [5.74, 6) is 0.165. The Balaban J connectivity index is 2.12. The predicted molar refractivity (Wildman–Crippen MR) is 77.6 cm³/mol. The van der Waals surface area contributed by atoms with Gasteiger partial charge in [-0.3, -0.25) is 4.79 Å². The van der Waals surface area contributed by atoms with Crippen LogP contribution in [0.25, 0.3) is 0 Å². The SMILES string of the molecule is Cc1ccccc1CC(=O)N1CCCCC1C(N)=NO. The van der Waals surface area contributed by atoms with Gasteiger partial charge in [0.05, 0.1) is 12.5 Å². The van der Waals surface area contributed by atoms with Crippen molar-refractivity contribution in [2.45, 2.75) is 38.6 Å². The molecule has 1 atom stereocenters. The van der Waals surface area contributed by atoms with E-state index in [0.29, 0.717) is 13.0 Å². The van der Waals surface area contributed by atoms with Gasteiger partial charge in [-0.05, 0) is 37.3 Å². The van der Waals surface area contributed by atoms with E-state index >= 15 is 0 Å². The molecule has 1 saturated heterocycles. The van der Waals surface area contributed by atoms with Crippen LogP contribution in [0.5, 0.6) is 0 Å². The highest BCUT2D eigenvalue weighted by molar-refractivity contribution is 5.90.